The summed E-state index contributed by atoms with van der Waals surface area (Å²) < 4.78 is 35.8. The van der Waals surface area contributed by atoms with Gasteiger partial charge in [0, 0.05) is 11.6 Å². The van der Waals surface area contributed by atoms with Crippen LogP contribution in [-0.2, 0) is 21.8 Å². The highest BCUT2D eigenvalue weighted by Gasteiger charge is 2.22. The summed E-state index contributed by atoms with van der Waals surface area (Å²) in [5.74, 6) is -0.635. The molecule has 0 aromatic carbocycles. The van der Waals surface area contributed by atoms with Gasteiger partial charge in [-0.2, -0.15) is 0 Å². The van der Waals surface area contributed by atoms with Crippen molar-refractivity contribution in [3.05, 3.63) is 22.9 Å². The molecule has 0 aliphatic rings. The SMILES string of the molecule is CCOC(=O)Cc1cc(OC)nc(CCl)c1C(F)F. The summed E-state index contributed by atoms with van der Waals surface area (Å²) in [6.45, 7) is 1.83. The summed E-state index contributed by atoms with van der Waals surface area (Å²) in [4.78, 5) is 15.3. The zero-order valence-corrected chi connectivity index (χ0v) is 11.3. The minimum Gasteiger partial charge on any atom is -0.481 e. The van der Waals surface area contributed by atoms with Crippen LogP contribution in [0.2, 0.25) is 0 Å². The molecule has 0 saturated heterocycles. The van der Waals surface area contributed by atoms with Crippen molar-refractivity contribution in [3.63, 3.8) is 0 Å². The second-order valence-corrected chi connectivity index (χ2v) is 3.87. The quantitative estimate of drug-likeness (QED) is 0.598. The maximum atomic E-state index is 13.1. The number of hydrogen-bond acceptors (Lipinski definition) is 4. The number of nitrogens with zero attached hydrogens (tertiary/aromatic N) is 1. The van der Waals surface area contributed by atoms with Gasteiger partial charge in [0.25, 0.3) is 6.43 Å². The van der Waals surface area contributed by atoms with Gasteiger partial charge < -0.3 is 9.47 Å². The van der Waals surface area contributed by atoms with Crippen LogP contribution in [0.5, 0.6) is 5.88 Å². The van der Waals surface area contributed by atoms with Crippen LogP contribution in [0.1, 0.15) is 30.2 Å². The number of pyridine rings is 1. The van der Waals surface area contributed by atoms with Crippen LogP contribution < -0.4 is 4.74 Å². The van der Waals surface area contributed by atoms with E-state index in [2.05, 4.69) is 4.98 Å². The van der Waals surface area contributed by atoms with Gasteiger partial charge in [-0.15, -0.1) is 11.6 Å². The minimum absolute atomic E-state index is 0.00955. The predicted octanol–water partition coefficient (Wildman–Crippen LogP) is 2.87. The number of ether oxygens (including phenoxy) is 2. The molecule has 0 spiro atoms. The molecule has 1 aromatic rings. The van der Waals surface area contributed by atoms with Crippen LogP contribution >= 0.6 is 11.6 Å². The lowest BCUT2D eigenvalue weighted by Gasteiger charge is -2.13. The van der Waals surface area contributed by atoms with E-state index in [-0.39, 0.29) is 41.6 Å². The normalized spacial score (nSPS) is 10.6. The number of carbonyl (C=O) groups excluding carboxylic acids is 1. The van der Waals surface area contributed by atoms with Gasteiger partial charge >= 0.3 is 5.97 Å². The lowest BCUT2D eigenvalue weighted by molar-refractivity contribution is -0.142. The molecular weight excluding hydrogens is 280 g/mol. The molecule has 1 rings (SSSR count). The maximum absolute atomic E-state index is 13.1. The van der Waals surface area contributed by atoms with Gasteiger partial charge in [0.2, 0.25) is 5.88 Å². The largest absolute Gasteiger partial charge is 0.481 e. The van der Waals surface area contributed by atoms with E-state index in [1.54, 1.807) is 6.92 Å². The Morgan fingerprint density at radius 2 is 2.21 bits per heavy atom. The molecule has 7 heteroatoms. The van der Waals surface area contributed by atoms with Crippen LogP contribution in [0.15, 0.2) is 6.07 Å². The average molecular weight is 294 g/mol. The van der Waals surface area contributed by atoms with Crippen molar-refractivity contribution in [2.45, 2.75) is 25.7 Å². The van der Waals surface area contributed by atoms with Gasteiger partial charge in [0.05, 0.1) is 31.7 Å². The van der Waals surface area contributed by atoms with E-state index in [0.29, 0.717) is 0 Å². The molecule has 0 saturated carbocycles. The summed E-state index contributed by atoms with van der Waals surface area (Å²) in [6, 6.07) is 1.30. The van der Waals surface area contributed by atoms with Gasteiger partial charge in [-0.1, -0.05) is 0 Å². The Bertz CT molecular complexity index is 455. The molecule has 1 heterocycles. The standard InChI is InChI=1S/C12H14ClF2NO3/c1-3-19-10(17)5-7-4-9(18-2)16-8(6-13)11(7)12(14)15/h4,12H,3,5-6H2,1-2H3. The van der Waals surface area contributed by atoms with E-state index in [1.165, 1.54) is 13.2 Å². The molecule has 0 bridgehead atoms. The van der Waals surface area contributed by atoms with E-state index < -0.39 is 12.4 Å². The number of hydrogen-bond donors (Lipinski definition) is 0. The molecule has 19 heavy (non-hydrogen) atoms. The Morgan fingerprint density at radius 3 is 2.68 bits per heavy atom. The van der Waals surface area contributed by atoms with E-state index in [4.69, 9.17) is 21.1 Å². The second-order valence-electron chi connectivity index (χ2n) is 3.60. The Hall–Kier alpha value is -1.43. The van der Waals surface area contributed by atoms with E-state index in [9.17, 15) is 13.6 Å². The fourth-order valence-electron chi connectivity index (χ4n) is 1.62. The van der Waals surface area contributed by atoms with Crippen molar-refractivity contribution >= 4 is 17.6 Å². The highest BCUT2D eigenvalue weighted by Crippen LogP contribution is 2.30. The molecule has 0 radical (unpaired) electrons. The fourth-order valence-corrected chi connectivity index (χ4v) is 1.83. The van der Waals surface area contributed by atoms with Crippen molar-refractivity contribution in [1.82, 2.24) is 4.98 Å². The summed E-state index contributed by atoms with van der Waals surface area (Å²) in [7, 11) is 1.36. The Kier molecular flexibility index (Phi) is 5.95. The molecule has 0 aliphatic heterocycles. The Morgan fingerprint density at radius 1 is 1.53 bits per heavy atom. The molecule has 0 amide bonds. The van der Waals surface area contributed by atoms with E-state index in [0.717, 1.165) is 0 Å². The van der Waals surface area contributed by atoms with E-state index in [1.807, 2.05) is 0 Å². The smallest absolute Gasteiger partial charge is 0.310 e. The summed E-state index contributed by atoms with van der Waals surface area (Å²) >= 11 is 5.61. The third-order valence-electron chi connectivity index (χ3n) is 2.39. The number of carbonyl (C=O) groups is 1. The topological polar surface area (TPSA) is 48.4 Å². The van der Waals surface area contributed by atoms with E-state index >= 15 is 0 Å². The molecule has 106 valence electrons. The van der Waals surface area contributed by atoms with Crippen molar-refractivity contribution in [2.24, 2.45) is 0 Å². The highest BCUT2D eigenvalue weighted by atomic mass is 35.5. The van der Waals surface area contributed by atoms with Crippen molar-refractivity contribution < 1.29 is 23.0 Å². The van der Waals surface area contributed by atoms with Gasteiger partial charge in [0.15, 0.2) is 0 Å². The van der Waals surface area contributed by atoms with Crippen LogP contribution in [0, 0.1) is 0 Å². The van der Waals surface area contributed by atoms with Gasteiger partial charge in [-0.3, -0.25) is 4.79 Å². The Labute approximate surface area is 114 Å². The molecule has 4 nitrogen and oxygen atoms in total. The number of esters is 1. The highest BCUT2D eigenvalue weighted by molar-refractivity contribution is 6.17. The number of aromatic nitrogens is 1. The van der Waals surface area contributed by atoms with Crippen LogP contribution in [-0.4, -0.2) is 24.7 Å². The lowest BCUT2D eigenvalue weighted by atomic mass is 10.0. The summed E-state index contributed by atoms with van der Waals surface area (Å²) in [6.07, 6.45) is -3.03. The molecule has 0 fully saturated rings. The summed E-state index contributed by atoms with van der Waals surface area (Å²) in [5, 5.41) is 0. The monoisotopic (exact) mass is 293 g/mol. The maximum Gasteiger partial charge on any atom is 0.310 e. The molecule has 0 aliphatic carbocycles. The molecule has 0 N–H and O–H groups in total. The zero-order chi connectivity index (χ0) is 14.4. The lowest BCUT2D eigenvalue weighted by Crippen LogP contribution is -2.12. The first kappa shape index (κ1) is 15.6. The third-order valence-corrected chi connectivity index (χ3v) is 2.65. The number of halogens is 3. The van der Waals surface area contributed by atoms with Crippen molar-refractivity contribution in [1.29, 1.82) is 0 Å². The average Bonchev–Trinajstić information content (AvgIpc) is 2.37. The first-order valence-corrected chi connectivity index (χ1v) is 6.13. The van der Waals surface area contributed by atoms with Gasteiger partial charge in [0.1, 0.15) is 0 Å². The number of alkyl halides is 3. The first-order valence-electron chi connectivity index (χ1n) is 5.59. The van der Waals surface area contributed by atoms with Gasteiger partial charge in [-0.25, -0.2) is 13.8 Å². The van der Waals surface area contributed by atoms with Crippen molar-refractivity contribution in [3.8, 4) is 5.88 Å². The number of methoxy groups -OCH3 is 1. The second kappa shape index (κ2) is 7.23. The molecule has 0 atom stereocenters. The number of rotatable bonds is 6. The van der Waals surface area contributed by atoms with Gasteiger partial charge in [-0.05, 0) is 12.5 Å². The van der Waals surface area contributed by atoms with Crippen molar-refractivity contribution in [2.75, 3.05) is 13.7 Å². The molecule has 0 unspecified atom stereocenters. The minimum atomic E-state index is -2.77. The van der Waals surface area contributed by atoms with Crippen LogP contribution in [0.3, 0.4) is 0 Å². The Balaban J connectivity index is 3.21. The molecule has 1 aromatic heterocycles. The van der Waals surface area contributed by atoms with Crippen LogP contribution in [0.4, 0.5) is 8.78 Å². The third kappa shape index (κ3) is 4.02. The predicted molar refractivity (Wildman–Crippen MR) is 65.6 cm³/mol. The first-order chi connectivity index (χ1) is 9.03. The molecular formula is C12H14ClF2NO3. The zero-order valence-electron chi connectivity index (χ0n) is 10.6. The van der Waals surface area contributed by atoms with Crippen LogP contribution in [0.25, 0.3) is 0 Å². The fraction of sp³-hybridized carbons (Fsp3) is 0.500. The summed E-state index contributed by atoms with van der Waals surface area (Å²) in [5.41, 5.74) is -0.199.